The minimum atomic E-state index is -0.505. The molecule has 1 aliphatic rings. The zero-order valence-electron chi connectivity index (χ0n) is 10.8. The second-order valence-electron chi connectivity index (χ2n) is 4.41. The van der Waals surface area contributed by atoms with E-state index in [0.29, 0.717) is 19.6 Å². The highest BCUT2D eigenvalue weighted by atomic mass is 35.5. The number of aliphatic hydroxyl groups excluding tert-OH is 1. The third-order valence-corrected chi connectivity index (χ3v) is 2.97. The maximum absolute atomic E-state index is 11.8. The second-order valence-corrected chi connectivity index (χ2v) is 4.41. The summed E-state index contributed by atoms with van der Waals surface area (Å²) in [6, 6.07) is 7.59. The van der Waals surface area contributed by atoms with Gasteiger partial charge in [0.1, 0.15) is 5.75 Å². The van der Waals surface area contributed by atoms with Crippen LogP contribution in [-0.2, 0) is 11.3 Å². The van der Waals surface area contributed by atoms with Crippen LogP contribution >= 0.6 is 12.4 Å². The van der Waals surface area contributed by atoms with Crippen LogP contribution in [0.3, 0.4) is 0 Å². The Morgan fingerprint density at radius 1 is 1.42 bits per heavy atom. The lowest BCUT2D eigenvalue weighted by Crippen LogP contribution is -2.36. The van der Waals surface area contributed by atoms with Gasteiger partial charge in [-0.3, -0.25) is 4.79 Å². The first kappa shape index (κ1) is 15.8. The van der Waals surface area contributed by atoms with Gasteiger partial charge in [-0.2, -0.15) is 0 Å². The number of methoxy groups -OCH3 is 1. The average Bonchev–Trinajstić information content (AvgIpc) is 2.53. The van der Waals surface area contributed by atoms with Gasteiger partial charge in [-0.15, -0.1) is 12.4 Å². The van der Waals surface area contributed by atoms with Crippen molar-refractivity contribution >= 4 is 18.3 Å². The fraction of sp³-hybridized carbons (Fsp3) is 0.462. The van der Waals surface area contributed by atoms with Gasteiger partial charge in [-0.25, -0.2) is 0 Å². The molecule has 1 amide bonds. The average molecular weight is 287 g/mol. The molecule has 0 radical (unpaired) electrons. The molecule has 1 aromatic rings. The lowest BCUT2D eigenvalue weighted by molar-refractivity contribution is -0.130. The molecule has 106 valence electrons. The summed E-state index contributed by atoms with van der Waals surface area (Å²) in [5.74, 6) is 0.810. The molecule has 2 rings (SSSR count). The Morgan fingerprint density at radius 3 is 2.74 bits per heavy atom. The van der Waals surface area contributed by atoms with Crippen molar-refractivity contribution in [3.63, 3.8) is 0 Å². The SMILES string of the molecule is COc1ccc(CN2CC(O)CNCC2=O)cc1.Cl. The van der Waals surface area contributed by atoms with E-state index in [9.17, 15) is 9.90 Å². The molecule has 1 atom stereocenters. The van der Waals surface area contributed by atoms with E-state index in [4.69, 9.17) is 4.74 Å². The van der Waals surface area contributed by atoms with E-state index in [0.717, 1.165) is 11.3 Å². The standard InChI is InChI=1S/C13H18N2O3.ClH/c1-18-12-4-2-10(3-5-12)8-15-9-11(16)6-14-7-13(15)17;/h2-5,11,14,16H,6-9H2,1H3;1H. The highest BCUT2D eigenvalue weighted by molar-refractivity contribution is 5.85. The Hall–Kier alpha value is -1.30. The Labute approximate surface area is 119 Å². The van der Waals surface area contributed by atoms with Gasteiger partial charge in [0.2, 0.25) is 5.91 Å². The quantitative estimate of drug-likeness (QED) is 0.845. The number of hydrogen-bond donors (Lipinski definition) is 2. The van der Waals surface area contributed by atoms with Gasteiger partial charge in [0.05, 0.1) is 19.8 Å². The maximum atomic E-state index is 11.8. The Bertz CT molecular complexity index is 411. The molecule has 0 aliphatic carbocycles. The van der Waals surface area contributed by atoms with Crippen LogP contribution in [0.5, 0.6) is 5.75 Å². The monoisotopic (exact) mass is 286 g/mol. The van der Waals surface area contributed by atoms with Crippen LogP contribution in [0.25, 0.3) is 0 Å². The Morgan fingerprint density at radius 2 is 2.11 bits per heavy atom. The number of nitrogens with zero attached hydrogens (tertiary/aromatic N) is 1. The zero-order valence-corrected chi connectivity index (χ0v) is 11.7. The first-order chi connectivity index (χ1) is 8.69. The van der Waals surface area contributed by atoms with E-state index in [1.165, 1.54) is 0 Å². The molecule has 1 aliphatic heterocycles. The number of carbonyl (C=O) groups excluding carboxylic acids is 1. The molecule has 1 heterocycles. The van der Waals surface area contributed by atoms with Crippen molar-refractivity contribution in [3.05, 3.63) is 29.8 Å². The number of β-amino-alcohol motifs (C(OH)–C–C–N with tert-alkyl or cyclic N) is 1. The fourth-order valence-corrected chi connectivity index (χ4v) is 1.98. The van der Waals surface area contributed by atoms with Gasteiger partial charge < -0.3 is 20.1 Å². The minimum absolute atomic E-state index is 0. The molecule has 1 fully saturated rings. The summed E-state index contributed by atoms with van der Waals surface area (Å²) in [5, 5.41) is 12.6. The van der Waals surface area contributed by atoms with E-state index >= 15 is 0 Å². The predicted octanol–water partition coefficient (Wildman–Crippen LogP) is 0.410. The molecule has 0 saturated carbocycles. The van der Waals surface area contributed by atoms with Crippen LogP contribution in [0.4, 0.5) is 0 Å². The first-order valence-corrected chi connectivity index (χ1v) is 5.98. The number of halogens is 1. The molecule has 0 aromatic heterocycles. The topological polar surface area (TPSA) is 61.8 Å². The summed E-state index contributed by atoms with van der Waals surface area (Å²) >= 11 is 0. The van der Waals surface area contributed by atoms with Gasteiger partial charge in [0.25, 0.3) is 0 Å². The predicted molar refractivity (Wildman–Crippen MR) is 74.5 cm³/mol. The second kappa shape index (κ2) is 7.33. The number of carbonyl (C=O) groups is 1. The summed E-state index contributed by atoms with van der Waals surface area (Å²) in [4.78, 5) is 13.5. The largest absolute Gasteiger partial charge is 0.497 e. The van der Waals surface area contributed by atoms with Crippen molar-refractivity contribution < 1.29 is 14.6 Å². The maximum Gasteiger partial charge on any atom is 0.236 e. The summed E-state index contributed by atoms with van der Waals surface area (Å²) in [7, 11) is 1.62. The van der Waals surface area contributed by atoms with E-state index in [-0.39, 0.29) is 24.9 Å². The van der Waals surface area contributed by atoms with E-state index in [2.05, 4.69) is 5.32 Å². The van der Waals surface area contributed by atoms with Gasteiger partial charge in [0, 0.05) is 19.6 Å². The van der Waals surface area contributed by atoms with Crippen LogP contribution < -0.4 is 10.1 Å². The van der Waals surface area contributed by atoms with Crippen molar-refractivity contribution in [2.24, 2.45) is 0 Å². The van der Waals surface area contributed by atoms with Crippen molar-refractivity contribution in [2.45, 2.75) is 12.6 Å². The normalized spacial score (nSPS) is 19.6. The lowest BCUT2D eigenvalue weighted by Gasteiger charge is -2.22. The van der Waals surface area contributed by atoms with Crippen LogP contribution in [-0.4, -0.2) is 48.8 Å². The fourth-order valence-electron chi connectivity index (χ4n) is 1.98. The number of hydrogen-bond acceptors (Lipinski definition) is 4. The molecule has 1 saturated heterocycles. The third kappa shape index (κ3) is 4.38. The zero-order chi connectivity index (χ0) is 13.0. The first-order valence-electron chi connectivity index (χ1n) is 5.98. The van der Waals surface area contributed by atoms with Crippen LogP contribution in [0, 0.1) is 0 Å². The number of ether oxygens (including phenoxy) is 1. The number of rotatable bonds is 3. The molecule has 0 bridgehead atoms. The van der Waals surface area contributed by atoms with Crippen molar-refractivity contribution in [1.82, 2.24) is 10.2 Å². The molecule has 1 unspecified atom stereocenters. The molecule has 0 spiro atoms. The lowest BCUT2D eigenvalue weighted by atomic mass is 10.2. The van der Waals surface area contributed by atoms with Crippen LogP contribution in [0.15, 0.2) is 24.3 Å². The highest BCUT2D eigenvalue weighted by Gasteiger charge is 2.21. The molecular weight excluding hydrogens is 268 g/mol. The van der Waals surface area contributed by atoms with E-state index < -0.39 is 6.10 Å². The summed E-state index contributed by atoms with van der Waals surface area (Å²) in [6.45, 7) is 1.64. The molecule has 1 aromatic carbocycles. The molecular formula is C13H19ClN2O3. The Balaban J connectivity index is 0.00000180. The van der Waals surface area contributed by atoms with Crippen molar-refractivity contribution in [1.29, 1.82) is 0 Å². The van der Waals surface area contributed by atoms with Crippen molar-refractivity contribution in [2.75, 3.05) is 26.7 Å². The van der Waals surface area contributed by atoms with E-state index in [1.54, 1.807) is 12.0 Å². The number of benzene rings is 1. The van der Waals surface area contributed by atoms with Crippen LogP contribution in [0.2, 0.25) is 0 Å². The summed E-state index contributed by atoms with van der Waals surface area (Å²) in [6.07, 6.45) is -0.505. The molecule has 19 heavy (non-hydrogen) atoms. The Kier molecular flexibility index (Phi) is 6.08. The molecule has 6 heteroatoms. The van der Waals surface area contributed by atoms with Crippen LogP contribution in [0.1, 0.15) is 5.56 Å². The summed E-state index contributed by atoms with van der Waals surface area (Å²) in [5.41, 5.74) is 1.03. The minimum Gasteiger partial charge on any atom is -0.497 e. The van der Waals surface area contributed by atoms with Gasteiger partial charge in [-0.1, -0.05) is 12.1 Å². The van der Waals surface area contributed by atoms with Gasteiger partial charge in [0.15, 0.2) is 0 Å². The van der Waals surface area contributed by atoms with Crippen molar-refractivity contribution in [3.8, 4) is 5.75 Å². The van der Waals surface area contributed by atoms with Gasteiger partial charge >= 0.3 is 0 Å². The molecule has 2 N–H and O–H groups in total. The van der Waals surface area contributed by atoms with E-state index in [1.807, 2.05) is 24.3 Å². The van der Waals surface area contributed by atoms with Gasteiger partial charge in [-0.05, 0) is 17.7 Å². The smallest absolute Gasteiger partial charge is 0.236 e. The highest BCUT2D eigenvalue weighted by Crippen LogP contribution is 2.13. The number of aliphatic hydroxyl groups is 1. The number of nitrogens with one attached hydrogen (secondary N) is 1. The molecule has 5 nitrogen and oxygen atoms in total. The summed E-state index contributed by atoms with van der Waals surface area (Å²) < 4.78 is 5.09. The number of amides is 1. The third-order valence-electron chi connectivity index (χ3n) is 2.97.